The minimum Gasteiger partial charge on any atom is -0.457 e. The first-order valence-corrected chi connectivity index (χ1v) is 13.6. The number of hydrogen-bond acceptors (Lipinski definition) is 5. The molecule has 1 saturated heterocycles. The van der Waals surface area contributed by atoms with Gasteiger partial charge in [-0.3, -0.25) is 14.5 Å². The molecule has 0 radical (unpaired) electrons. The Hall–Kier alpha value is -4.10. The van der Waals surface area contributed by atoms with Gasteiger partial charge in [-0.05, 0) is 60.7 Å². The highest BCUT2D eigenvalue weighted by atomic mass is 16.5. The summed E-state index contributed by atoms with van der Waals surface area (Å²) in [5.74, 6) is 1.54. The summed E-state index contributed by atoms with van der Waals surface area (Å²) in [6.07, 6.45) is 1.42. The van der Waals surface area contributed by atoms with Crippen molar-refractivity contribution in [2.75, 3.05) is 13.1 Å². The average molecular weight is 526 g/mol. The van der Waals surface area contributed by atoms with Crippen molar-refractivity contribution in [3.8, 4) is 11.5 Å². The third-order valence-corrected chi connectivity index (χ3v) is 6.91. The summed E-state index contributed by atoms with van der Waals surface area (Å²) in [5, 5.41) is 6.94. The van der Waals surface area contributed by atoms with Crippen LogP contribution in [0.1, 0.15) is 42.8 Å². The van der Waals surface area contributed by atoms with Crippen molar-refractivity contribution in [1.29, 1.82) is 0 Å². The fraction of sp³-hybridized carbons (Fsp3) is 0.312. The van der Waals surface area contributed by atoms with E-state index in [0.29, 0.717) is 12.0 Å². The van der Waals surface area contributed by atoms with Crippen molar-refractivity contribution in [2.45, 2.75) is 45.3 Å². The lowest BCUT2D eigenvalue weighted by molar-refractivity contribution is -0.124. The highest BCUT2D eigenvalue weighted by molar-refractivity contribution is 5.98. The molecule has 1 aromatic heterocycles. The number of amides is 2. The van der Waals surface area contributed by atoms with E-state index in [2.05, 4.69) is 27.7 Å². The normalized spacial score (nSPS) is 16.3. The molecular formula is C32H35N3O4. The van der Waals surface area contributed by atoms with Gasteiger partial charge in [0.1, 0.15) is 23.1 Å². The quantitative estimate of drug-likeness (QED) is 0.275. The number of carbonyl (C=O) groups is 2. The van der Waals surface area contributed by atoms with Gasteiger partial charge in [0, 0.05) is 31.1 Å². The van der Waals surface area contributed by atoms with Crippen LogP contribution in [0.3, 0.4) is 0 Å². The fourth-order valence-electron chi connectivity index (χ4n) is 4.97. The molecule has 39 heavy (non-hydrogen) atoms. The Balaban J connectivity index is 1.13. The van der Waals surface area contributed by atoms with Crippen LogP contribution < -0.4 is 15.4 Å². The molecule has 1 aliphatic rings. The van der Waals surface area contributed by atoms with Crippen LogP contribution in [0.25, 0.3) is 11.0 Å². The Kier molecular flexibility index (Phi) is 8.27. The minimum atomic E-state index is -0.628. The standard InChI is InChI=1S/C32H35N3O4/c1-22(2)18-28(34-32(37)30-19-24-8-6-7-11-29(24)39-30)31(36)33-25-16-17-35(21-25)20-23-12-14-27(15-13-23)38-26-9-4-3-5-10-26/h3-15,19,22,25,28H,16-18,20-21H2,1-2H3,(H,33,36)(H,34,37)/t25-,28-/m0/s1. The number of furan rings is 1. The van der Waals surface area contributed by atoms with Crippen molar-refractivity contribution in [2.24, 2.45) is 5.92 Å². The first-order valence-electron chi connectivity index (χ1n) is 13.6. The van der Waals surface area contributed by atoms with Crippen molar-refractivity contribution in [3.05, 3.63) is 96.3 Å². The van der Waals surface area contributed by atoms with Crippen LogP contribution in [0.15, 0.2) is 89.3 Å². The molecule has 0 aliphatic carbocycles. The topological polar surface area (TPSA) is 83.8 Å². The molecule has 2 atom stereocenters. The Morgan fingerprint density at radius 1 is 0.974 bits per heavy atom. The van der Waals surface area contributed by atoms with Gasteiger partial charge < -0.3 is 19.8 Å². The smallest absolute Gasteiger partial charge is 0.287 e. The van der Waals surface area contributed by atoms with Gasteiger partial charge in [-0.2, -0.15) is 0 Å². The lowest BCUT2D eigenvalue weighted by atomic mass is 10.0. The number of hydrogen-bond donors (Lipinski definition) is 2. The highest BCUT2D eigenvalue weighted by Gasteiger charge is 2.29. The number of ether oxygens (including phenoxy) is 1. The number of nitrogens with one attached hydrogen (secondary N) is 2. The third kappa shape index (κ3) is 7.06. The van der Waals surface area contributed by atoms with Gasteiger partial charge in [-0.15, -0.1) is 0 Å². The van der Waals surface area contributed by atoms with Gasteiger partial charge >= 0.3 is 0 Å². The third-order valence-electron chi connectivity index (χ3n) is 6.91. The summed E-state index contributed by atoms with van der Waals surface area (Å²) >= 11 is 0. The molecule has 0 spiro atoms. The van der Waals surface area contributed by atoms with Crippen LogP contribution in [-0.2, 0) is 11.3 Å². The zero-order chi connectivity index (χ0) is 27.2. The van der Waals surface area contributed by atoms with Crippen LogP contribution in [0, 0.1) is 5.92 Å². The molecule has 2 heterocycles. The summed E-state index contributed by atoms with van der Waals surface area (Å²) in [5.41, 5.74) is 1.84. The number of carbonyl (C=O) groups excluding carboxylic acids is 2. The molecule has 7 heteroatoms. The second-order valence-corrected chi connectivity index (χ2v) is 10.6. The minimum absolute atomic E-state index is 0.0379. The molecule has 1 aliphatic heterocycles. The van der Waals surface area contributed by atoms with Crippen LogP contribution in [0.5, 0.6) is 11.5 Å². The van der Waals surface area contributed by atoms with Gasteiger partial charge in [0.2, 0.25) is 5.91 Å². The molecule has 0 saturated carbocycles. The van der Waals surface area contributed by atoms with Gasteiger partial charge in [0.05, 0.1) is 0 Å². The molecule has 1 fully saturated rings. The van der Waals surface area contributed by atoms with Gasteiger partial charge in [0.25, 0.3) is 5.91 Å². The van der Waals surface area contributed by atoms with Crippen molar-refractivity contribution >= 4 is 22.8 Å². The molecule has 3 aromatic carbocycles. The van der Waals surface area contributed by atoms with E-state index in [4.69, 9.17) is 9.15 Å². The maximum absolute atomic E-state index is 13.2. The Morgan fingerprint density at radius 3 is 2.44 bits per heavy atom. The molecule has 7 nitrogen and oxygen atoms in total. The Morgan fingerprint density at radius 2 is 1.69 bits per heavy atom. The van der Waals surface area contributed by atoms with E-state index in [1.807, 2.05) is 80.6 Å². The van der Waals surface area contributed by atoms with Crippen molar-refractivity contribution < 1.29 is 18.7 Å². The highest BCUT2D eigenvalue weighted by Crippen LogP contribution is 2.23. The summed E-state index contributed by atoms with van der Waals surface area (Å²) in [7, 11) is 0. The first-order chi connectivity index (χ1) is 18.9. The number of rotatable bonds is 10. The maximum atomic E-state index is 13.2. The molecule has 202 valence electrons. The summed E-state index contributed by atoms with van der Waals surface area (Å²) < 4.78 is 11.6. The molecule has 5 rings (SSSR count). The number of para-hydroxylation sites is 2. The molecule has 2 N–H and O–H groups in total. The lowest BCUT2D eigenvalue weighted by Gasteiger charge is -2.22. The number of likely N-dealkylation sites (tertiary alicyclic amines) is 1. The van der Waals surface area contributed by atoms with Crippen LogP contribution in [-0.4, -0.2) is 41.9 Å². The van der Waals surface area contributed by atoms with Crippen molar-refractivity contribution in [1.82, 2.24) is 15.5 Å². The zero-order valence-electron chi connectivity index (χ0n) is 22.4. The SMILES string of the molecule is CC(C)C[C@H](NC(=O)c1cc2ccccc2o1)C(=O)N[C@H]1CCN(Cc2ccc(Oc3ccccc3)cc2)C1. The second-order valence-electron chi connectivity index (χ2n) is 10.6. The van der Waals surface area contributed by atoms with Gasteiger partial charge in [-0.25, -0.2) is 0 Å². The first kappa shape index (κ1) is 26.5. The predicted octanol–water partition coefficient (Wildman–Crippen LogP) is 5.76. The van der Waals surface area contributed by atoms with E-state index in [9.17, 15) is 9.59 Å². The summed E-state index contributed by atoms with van der Waals surface area (Å²) in [6, 6.07) is 26.5. The second kappa shape index (κ2) is 12.2. The van der Waals surface area contributed by atoms with Crippen LogP contribution >= 0.6 is 0 Å². The molecule has 0 unspecified atom stereocenters. The van der Waals surface area contributed by atoms with E-state index in [1.165, 1.54) is 5.56 Å². The largest absolute Gasteiger partial charge is 0.457 e. The van der Waals surface area contributed by atoms with E-state index < -0.39 is 6.04 Å². The predicted molar refractivity (Wildman–Crippen MR) is 152 cm³/mol. The molecule has 4 aromatic rings. The van der Waals surface area contributed by atoms with Gasteiger partial charge in [-0.1, -0.05) is 62.4 Å². The van der Waals surface area contributed by atoms with E-state index in [-0.39, 0.29) is 29.5 Å². The average Bonchev–Trinajstić information content (AvgIpc) is 3.56. The van der Waals surface area contributed by atoms with E-state index in [0.717, 1.165) is 42.9 Å². The molecule has 0 bridgehead atoms. The lowest BCUT2D eigenvalue weighted by Crippen LogP contribution is -2.50. The monoisotopic (exact) mass is 525 g/mol. The maximum Gasteiger partial charge on any atom is 0.287 e. The molecule has 2 amide bonds. The zero-order valence-corrected chi connectivity index (χ0v) is 22.4. The molecular weight excluding hydrogens is 490 g/mol. The van der Waals surface area contributed by atoms with Crippen molar-refractivity contribution in [3.63, 3.8) is 0 Å². The number of nitrogens with zero attached hydrogens (tertiary/aromatic N) is 1. The summed E-state index contributed by atoms with van der Waals surface area (Å²) in [6.45, 7) is 6.55. The number of fused-ring (bicyclic) bond motifs is 1. The Bertz CT molecular complexity index is 1360. The fourth-order valence-corrected chi connectivity index (χ4v) is 4.97. The van der Waals surface area contributed by atoms with E-state index in [1.54, 1.807) is 6.07 Å². The number of benzene rings is 3. The van der Waals surface area contributed by atoms with Gasteiger partial charge in [0.15, 0.2) is 5.76 Å². The van der Waals surface area contributed by atoms with Crippen LogP contribution in [0.4, 0.5) is 0 Å². The van der Waals surface area contributed by atoms with Crippen LogP contribution in [0.2, 0.25) is 0 Å². The Labute approximate surface area is 229 Å². The summed E-state index contributed by atoms with van der Waals surface area (Å²) in [4.78, 5) is 28.5. The van der Waals surface area contributed by atoms with E-state index >= 15 is 0 Å².